The molecular weight excluding hydrogens is 318 g/mol. The van der Waals surface area contributed by atoms with E-state index in [0.717, 1.165) is 12.8 Å². The van der Waals surface area contributed by atoms with Gasteiger partial charge in [0, 0.05) is 43.9 Å². The van der Waals surface area contributed by atoms with Crippen molar-refractivity contribution in [3.63, 3.8) is 0 Å². The standard InChI is InChI=1S/C19H23N3O3/c1-2-25-9-8-22-13-15(5-6-18(22)23)19(24)21-17-10-16(11-17)14-4-3-7-20-12-14/h3-7,12-13,16-17H,2,8-11H2,1H3,(H,21,24). The lowest BCUT2D eigenvalue weighted by atomic mass is 9.76. The Balaban J connectivity index is 1.55. The molecule has 0 saturated heterocycles. The number of ether oxygens (including phenoxy) is 1. The monoisotopic (exact) mass is 341 g/mol. The molecule has 1 aliphatic carbocycles. The van der Waals surface area contributed by atoms with Crippen LogP contribution in [0.1, 0.15) is 41.6 Å². The van der Waals surface area contributed by atoms with Crippen LogP contribution in [0.4, 0.5) is 0 Å². The molecule has 1 saturated carbocycles. The predicted octanol–water partition coefficient (Wildman–Crippen LogP) is 1.96. The highest BCUT2D eigenvalue weighted by atomic mass is 16.5. The minimum Gasteiger partial charge on any atom is -0.380 e. The first kappa shape index (κ1) is 17.4. The quantitative estimate of drug-likeness (QED) is 0.781. The zero-order valence-corrected chi connectivity index (χ0v) is 14.4. The van der Waals surface area contributed by atoms with Crippen LogP contribution in [0.5, 0.6) is 0 Å². The fourth-order valence-corrected chi connectivity index (χ4v) is 3.04. The third-order valence-corrected chi connectivity index (χ3v) is 4.56. The fourth-order valence-electron chi connectivity index (χ4n) is 3.04. The van der Waals surface area contributed by atoms with Gasteiger partial charge < -0.3 is 14.6 Å². The van der Waals surface area contributed by atoms with Gasteiger partial charge in [-0.15, -0.1) is 0 Å². The van der Waals surface area contributed by atoms with Crippen LogP contribution in [0.3, 0.4) is 0 Å². The van der Waals surface area contributed by atoms with E-state index in [4.69, 9.17) is 4.74 Å². The molecule has 0 aromatic carbocycles. The number of rotatable bonds is 7. The zero-order valence-electron chi connectivity index (χ0n) is 14.4. The number of hydrogen-bond donors (Lipinski definition) is 1. The summed E-state index contributed by atoms with van der Waals surface area (Å²) in [6, 6.07) is 7.18. The van der Waals surface area contributed by atoms with E-state index in [2.05, 4.69) is 16.4 Å². The van der Waals surface area contributed by atoms with Gasteiger partial charge in [-0.2, -0.15) is 0 Å². The number of nitrogens with zero attached hydrogens (tertiary/aromatic N) is 2. The first-order valence-electron chi connectivity index (χ1n) is 8.66. The van der Waals surface area contributed by atoms with Crippen molar-refractivity contribution in [2.75, 3.05) is 13.2 Å². The van der Waals surface area contributed by atoms with E-state index < -0.39 is 0 Å². The van der Waals surface area contributed by atoms with E-state index in [1.54, 1.807) is 18.5 Å². The van der Waals surface area contributed by atoms with Gasteiger partial charge >= 0.3 is 0 Å². The summed E-state index contributed by atoms with van der Waals surface area (Å²) >= 11 is 0. The fraction of sp³-hybridized carbons (Fsp3) is 0.421. The van der Waals surface area contributed by atoms with Crippen LogP contribution in [0.2, 0.25) is 0 Å². The second-order valence-electron chi connectivity index (χ2n) is 6.27. The van der Waals surface area contributed by atoms with Gasteiger partial charge in [-0.3, -0.25) is 14.6 Å². The molecule has 3 rings (SSSR count). The van der Waals surface area contributed by atoms with Crippen LogP contribution in [0.15, 0.2) is 47.7 Å². The van der Waals surface area contributed by atoms with Crippen molar-refractivity contribution < 1.29 is 9.53 Å². The molecule has 2 heterocycles. The van der Waals surface area contributed by atoms with Crippen LogP contribution >= 0.6 is 0 Å². The lowest BCUT2D eigenvalue weighted by molar-refractivity contribution is 0.0907. The zero-order chi connectivity index (χ0) is 17.6. The highest BCUT2D eigenvalue weighted by Crippen LogP contribution is 2.36. The van der Waals surface area contributed by atoms with Crippen molar-refractivity contribution in [2.24, 2.45) is 0 Å². The summed E-state index contributed by atoms with van der Waals surface area (Å²) in [5.74, 6) is 0.318. The van der Waals surface area contributed by atoms with Crippen LogP contribution in [-0.2, 0) is 11.3 Å². The maximum absolute atomic E-state index is 12.4. The first-order chi connectivity index (χ1) is 12.2. The number of hydrogen-bond acceptors (Lipinski definition) is 4. The van der Waals surface area contributed by atoms with E-state index >= 15 is 0 Å². The molecule has 0 spiro atoms. The van der Waals surface area contributed by atoms with Crippen LogP contribution in [-0.4, -0.2) is 34.7 Å². The molecular formula is C19H23N3O3. The molecule has 0 unspecified atom stereocenters. The molecule has 2 aromatic heterocycles. The molecule has 0 atom stereocenters. The summed E-state index contributed by atoms with van der Waals surface area (Å²) in [6.45, 7) is 3.41. The van der Waals surface area contributed by atoms with Gasteiger partial charge in [0.05, 0.1) is 12.2 Å². The topological polar surface area (TPSA) is 73.2 Å². The van der Waals surface area contributed by atoms with Crippen molar-refractivity contribution in [3.8, 4) is 0 Å². The number of carbonyl (C=O) groups excluding carboxylic acids is 1. The Hall–Kier alpha value is -2.47. The third kappa shape index (κ3) is 4.33. The lowest BCUT2D eigenvalue weighted by Crippen LogP contribution is -2.43. The molecule has 6 heteroatoms. The highest BCUT2D eigenvalue weighted by molar-refractivity contribution is 5.94. The van der Waals surface area contributed by atoms with Crippen molar-refractivity contribution in [1.82, 2.24) is 14.9 Å². The van der Waals surface area contributed by atoms with Gasteiger partial charge in [-0.1, -0.05) is 6.07 Å². The largest absolute Gasteiger partial charge is 0.380 e. The van der Waals surface area contributed by atoms with Crippen molar-refractivity contribution in [2.45, 2.75) is 38.3 Å². The van der Waals surface area contributed by atoms with Crippen molar-refractivity contribution >= 4 is 5.91 Å². The first-order valence-corrected chi connectivity index (χ1v) is 8.66. The minimum absolute atomic E-state index is 0.128. The van der Waals surface area contributed by atoms with Crippen LogP contribution in [0.25, 0.3) is 0 Å². The van der Waals surface area contributed by atoms with E-state index in [1.807, 2.05) is 19.2 Å². The Morgan fingerprint density at radius 2 is 2.20 bits per heavy atom. The second kappa shape index (κ2) is 8.07. The predicted molar refractivity (Wildman–Crippen MR) is 94.7 cm³/mol. The maximum Gasteiger partial charge on any atom is 0.252 e. The molecule has 1 N–H and O–H groups in total. The molecule has 0 bridgehead atoms. The number of amides is 1. The Morgan fingerprint density at radius 1 is 1.36 bits per heavy atom. The summed E-state index contributed by atoms with van der Waals surface area (Å²) in [4.78, 5) is 28.4. The molecule has 1 fully saturated rings. The summed E-state index contributed by atoms with van der Waals surface area (Å²) in [5, 5.41) is 3.04. The summed E-state index contributed by atoms with van der Waals surface area (Å²) in [5.41, 5.74) is 1.59. The third-order valence-electron chi connectivity index (χ3n) is 4.56. The Labute approximate surface area is 146 Å². The second-order valence-corrected chi connectivity index (χ2v) is 6.27. The Kier molecular flexibility index (Phi) is 5.60. The van der Waals surface area contributed by atoms with Gasteiger partial charge in [0.15, 0.2) is 0 Å². The molecule has 1 aliphatic rings. The van der Waals surface area contributed by atoms with E-state index in [0.29, 0.717) is 31.2 Å². The number of aromatic nitrogens is 2. The average Bonchev–Trinajstić information content (AvgIpc) is 2.60. The highest BCUT2D eigenvalue weighted by Gasteiger charge is 2.31. The Morgan fingerprint density at radius 3 is 2.92 bits per heavy atom. The molecule has 2 aromatic rings. The Bertz CT molecular complexity index is 767. The lowest BCUT2D eigenvalue weighted by Gasteiger charge is -2.36. The molecule has 25 heavy (non-hydrogen) atoms. The van der Waals surface area contributed by atoms with Crippen molar-refractivity contribution in [1.29, 1.82) is 0 Å². The molecule has 1 amide bonds. The normalized spacial score (nSPS) is 19.2. The number of carbonyl (C=O) groups is 1. The van der Waals surface area contributed by atoms with E-state index in [-0.39, 0.29) is 17.5 Å². The average molecular weight is 341 g/mol. The minimum atomic E-state index is -0.139. The van der Waals surface area contributed by atoms with Gasteiger partial charge in [-0.05, 0) is 43.4 Å². The number of pyridine rings is 2. The van der Waals surface area contributed by atoms with Crippen LogP contribution < -0.4 is 10.9 Å². The SMILES string of the molecule is CCOCCn1cc(C(=O)NC2CC(c3cccnc3)C2)ccc1=O. The van der Waals surface area contributed by atoms with Gasteiger partial charge in [0.1, 0.15) is 0 Å². The molecule has 0 aliphatic heterocycles. The molecule has 132 valence electrons. The van der Waals surface area contributed by atoms with Crippen molar-refractivity contribution in [3.05, 3.63) is 64.3 Å². The van der Waals surface area contributed by atoms with Crippen LogP contribution in [0, 0.1) is 0 Å². The molecule has 0 radical (unpaired) electrons. The molecule has 6 nitrogen and oxygen atoms in total. The van der Waals surface area contributed by atoms with Gasteiger partial charge in [0.25, 0.3) is 11.5 Å². The summed E-state index contributed by atoms with van der Waals surface area (Å²) in [7, 11) is 0. The van der Waals surface area contributed by atoms with Gasteiger partial charge in [0.2, 0.25) is 0 Å². The smallest absolute Gasteiger partial charge is 0.252 e. The summed E-state index contributed by atoms with van der Waals surface area (Å²) < 4.78 is 6.79. The summed E-state index contributed by atoms with van der Waals surface area (Å²) in [6.07, 6.45) is 7.09. The van der Waals surface area contributed by atoms with E-state index in [1.165, 1.54) is 16.2 Å². The van der Waals surface area contributed by atoms with E-state index in [9.17, 15) is 9.59 Å². The maximum atomic E-state index is 12.4. The van der Waals surface area contributed by atoms with Gasteiger partial charge in [-0.25, -0.2) is 0 Å². The number of nitrogens with one attached hydrogen (secondary N) is 1.